The second-order valence-corrected chi connectivity index (χ2v) is 7.61. The maximum atomic E-state index is 11.7. The van der Waals surface area contributed by atoms with E-state index in [1.807, 2.05) is 30.3 Å². The maximum Gasteiger partial charge on any atom is 0.337 e. The number of esters is 1. The largest absolute Gasteiger partial charge is 0.465 e. The van der Waals surface area contributed by atoms with E-state index in [9.17, 15) is 4.79 Å². The van der Waals surface area contributed by atoms with Crippen LogP contribution in [-0.4, -0.2) is 23.0 Å². The Morgan fingerprint density at radius 2 is 1.82 bits per heavy atom. The lowest BCUT2D eigenvalue weighted by Gasteiger charge is -2.09. The van der Waals surface area contributed by atoms with Crippen LogP contribution >= 0.6 is 11.3 Å². The predicted octanol–water partition coefficient (Wildman–Crippen LogP) is 5.07. The summed E-state index contributed by atoms with van der Waals surface area (Å²) in [6.45, 7) is 2.75. The van der Waals surface area contributed by atoms with Crippen molar-refractivity contribution in [2.75, 3.05) is 12.4 Å². The van der Waals surface area contributed by atoms with Crippen LogP contribution in [0.4, 0.5) is 5.82 Å². The van der Waals surface area contributed by atoms with E-state index in [1.54, 1.807) is 23.5 Å². The van der Waals surface area contributed by atoms with E-state index in [2.05, 4.69) is 30.4 Å². The van der Waals surface area contributed by atoms with Gasteiger partial charge in [0, 0.05) is 17.0 Å². The fourth-order valence-corrected chi connectivity index (χ4v) is 3.84. The Morgan fingerprint density at radius 3 is 2.54 bits per heavy atom. The van der Waals surface area contributed by atoms with E-state index in [0.29, 0.717) is 17.9 Å². The average molecular weight is 389 g/mol. The van der Waals surface area contributed by atoms with E-state index < -0.39 is 0 Å². The number of rotatable bonds is 5. The summed E-state index contributed by atoms with van der Waals surface area (Å²) in [7, 11) is 1.37. The monoisotopic (exact) mass is 389 g/mol. The molecular weight excluding hydrogens is 370 g/mol. The lowest BCUT2D eigenvalue weighted by Crippen LogP contribution is -2.04. The summed E-state index contributed by atoms with van der Waals surface area (Å²) in [6, 6.07) is 19.5. The Labute approximate surface area is 167 Å². The van der Waals surface area contributed by atoms with Crippen LogP contribution < -0.4 is 5.32 Å². The number of ether oxygens (including phenoxy) is 1. The smallest absolute Gasteiger partial charge is 0.337 e. The van der Waals surface area contributed by atoms with Gasteiger partial charge in [0.25, 0.3) is 0 Å². The molecule has 0 radical (unpaired) electrons. The number of fused-ring (bicyclic) bond motifs is 1. The van der Waals surface area contributed by atoms with E-state index in [4.69, 9.17) is 14.7 Å². The molecule has 0 unspecified atom stereocenters. The van der Waals surface area contributed by atoms with Crippen LogP contribution in [-0.2, 0) is 11.3 Å². The van der Waals surface area contributed by atoms with Gasteiger partial charge in [-0.3, -0.25) is 0 Å². The van der Waals surface area contributed by atoms with E-state index >= 15 is 0 Å². The van der Waals surface area contributed by atoms with Gasteiger partial charge in [0.2, 0.25) is 0 Å². The molecule has 0 aliphatic carbocycles. The van der Waals surface area contributed by atoms with E-state index in [0.717, 1.165) is 21.6 Å². The van der Waals surface area contributed by atoms with Gasteiger partial charge >= 0.3 is 5.97 Å². The molecule has 28 heavy (non-hydrogen) atoms. The Bertz CT molecular complexity index is 1120. The number of thiophene rings is 1. The second-order valence-electron chi connectivity index (χ2n) is 6.38. The highest BCUT2D eigenvalue weighted by atomic mass is 32.1. The number of benzene rings is 2. The van der Waals surface area contributed by atoms with E-state index in [1.165, 1.54) is 17.6 Å². The van der Waals surface area contributed by atoms with E-state index in [-0.39, 0.29) is 5.97 Å². The molecule has 6 heteroatoms. The number of aryl methyl sites for hydroxylation is 1. The van der Waals surface area contributed by atoms with Gasteiger partial charge in [-0.15, -0.1) is 11.3 Å². The number of nitrogens with zero attached hydrogens (tertiary/aromatic N) is 2. The molecule has 2 heterocycles. The van der Waals surface area contributed by atoms with Gasteiger partial charge in [-0.2, -0.15) is 0 Å². The summed E-state index contributed by atoms with van der Waals surface area (Å²) in [5.74, 6) is 1.08. The first-order valence-corrected chi connectivity index (χ1v) is 9.70. The van der Waals surface area contributed by atoms with Crippen molar-refractivity contribution in [1.29, 1.82) is 0 Å². The fourth-order valence-electron chi connectivity index (χ4n) is 2.96. The number of carbonyl (C=O) groups excluding carboxylic acids is 1. The lowest BCUT2D eigenvalue weighted by atomic mass is 10.1. The highest BCUT2D eigenvalue weighted by Crippen LogP contribution is 2.31. The zero-order valence-electron chi connectivity index (χ0n) is 15.6. The molecule has 140 valence electrons. The molecule has 0 spiro atoms. The maximum absolute atomic E-state index is 11.7. The minimum atomic E-state index is -0.359. The molecule has 0 fully saturated rings. The summed E-state index contributed by atoms with van der Waals surface area (Å²) in [4.78, 5) is 23.3. The molecule has 0 aliphatic rings. The van der Waals surface area contributed by atoms with Crippen LogP contribution in [0, 0.1) is 6.92 Å². The summed E-state index contributed by atoms with van der Waals surface area (Å²) in [5.41, 5.74) is 2.54. The Balaban J connectivity index is 1.70. The molecule has 2 aromatic carbocycles. The van der Waals surface area contributed by atoms with Crippen molar-refractivity contribution >= 4 is 33.3 Å². The SMILES string of the molecule is COC(=O)c1ccc(-c2nc(NCc3ccccc3)c3cc(C)sc3n2)cc1. The normalized spacial score (nSPS) is 10.8. The predicted molar refractivity (Wildman–Crippen MR) is 113 cm³/mol. The minimum Gasteiger partial charge on any atom is -0.465 e. The molecule has 0 aliphatic heterocycles. The highest BCUT2D eigenvalue weighted by molar-refractivity contribution is 7.18. The number of aromatic nitrogens is 2. The Hall–Kier alpha value is -3.25. The van der Waals surface area contributed by atoms with Crippen molar-refractivity contribution in [2.45, 2.75) is 13.5 Å². The number of methoxy groups -OCH3 is 1. The Kier molecular flexibility index (Phi) is 5.04. The summed E-state index contributed by atoms with van der Waals surface area (Å²) >= 11 is 1.64. The molecule has 0 amide bonds. The number of hydrogen-bond acceptors (Lipinski definition) is 6. The van der Waals surface area contributed by atoms with Crippen molar-refractivity contribution in [1.82, 2.24) is 9.97 Å². The number of anilines is 1. The molecule has 5 nitrogen and oxygen atoms in total. The van der Waals surface area contributed by atoms with Gasteiger partial charge in [0.1, 0.15) is 10.6 Å². The first-order chi connectivity index (χ1) is 13.6. The lowest BCUT2D eigenvalue weighted by molar-refractivity contribution is 0.0601. The average Bonchev–Trinajstić information content (AvgIpc) is 3.12. The number of nitrogens with one attached hydrogen (secondary N) is 1. The molecule has 4 rings (SSSR count). The first-order valence-electron chi connectivity index (χ1n) is 8.89. The van der Waals surface area contributed by atoms with Crippen LogP contribution in [0.2, 0.25) is 0 Å². The topological polar surface area (TPSA) is 64.1 Å². The van der Waals surface area contributed by atoms with Crippen LogP contribution in [0.1, 0.15) is 20.8 Å². The van der Waals surface area contributed by atoms with Crippen molar-refractivity contribution in [3.05, 3.63) is 76.7 Å². The van der Waals surface area contributed by atoms with Crippen molar-refractivity contribution in [3.63, 3.8) is 0 Å². The Morgan fingerprint density at radius 1 is 1.07 bits per heavy atom. The van der Waals surface area contributed by atoms with Gasteiger partial charge in [-0.1, -0.05) is 42.5 Å². The second kappa shape index (κ2) is 7.78. The quantitative estimate of drug-likeness (QED) is 0.483. The van der Waals surface area contributed by atoms with Gasteiger partial charge in [0.05, 0.1) is 18.1 Å². The van der Waals surface area contributed by atoms with Gasteiger partial charge in [-0.25, -0.2) is 14.8 Å². The minimum absolute atomic E-state index is 0.359. The third-order valence-electron chi connectivity index (χ3n) is 4.38. The molecule has 0 saturated carbocycles. The molecule has 1 N–H and O–H groups in total. The third kappa shape index (κ3) is 3.73. The van der Waals surface area contributed by atoms with Crippen LogP contribution in [0.15, 0.2) is 60.7 Å². The van der Waals surface area contributed by atoms with Gasteiger partial charge < -0.3 is 10.1 Å². The van der Waals surface area contributed by atoms with Gasteiger partial charge in [-0.05, 0) is 30.7 Å². The summed E-state index contributed by atoms with van der Waals surface area (Å²) in [6.07, 6.45) is 0. The van der Waals surface area contributed by atoms with Crippen molar-refractivity contribution in [2.24, 2.45) is 0 Å². The van der Waals surface area contributed by atoms with Crippen molar-refractivity contribution < 1.29 is 9.53 Å². The zero-order valence-corrected chi connectivity index (χ0v) is 16.4. The molecule has 0 atom stereocenters. The van der Waals surface area contributed by atoms with Crippen LogP contribution in [0.3, 0.4) is 0 Å². The molecule has 0 bridgehead atoms. The zero-order chi connectivity index (χ0) is 19.5. The summed E-state index contributed by atoms with van der Waals surface area (Å²) in [5, 5.41) is 4.47. The fraction of sp³-hybridized carbons (Fsp3) is 0.136. The van der Waals surface area contributed by atoms with Gasteiger partial charge in [0.15, 0.2) is 5.82 Å². The van der Waals surface area contributed by atoms with Crippen LogP contribution in [0.25, 0.3) is 21.6 Å². The highest BCUT2D eigenvalue weighted by Gasteiger charge is 2.13. The third-order valence-corrected chi connectivity index (χ3v) is 5.33. The van der Waals surface area contributed by atoms with Crippen molar-refractivity contribution in [3.8, 4) is 11.4 Å². The standard InChI is InChI=1S/C22H19N3O2S/c1-14-12-18-20(23-13-15-6-4-3-5-7-15)24-19(25-21(18)28-14)16-8-10-17(11-9-16)22(26)27-2/h3-12H,13H2,1-2H3,(H,23,24,25). The number of hydrogen-bond donors (Lipinski definition) is 1. The molecule has 4 aromatic rings. The number of carbonyl (C=O) groups is 1. The summed E-state index contributed by atoms with van der Waals surface area (Å²) < 4.78 is 4.76. The first kappa shape index (κ1) is 18.1. The molecule has 2 aromatic heterocycles. The van der Waals surface area contributed by atoms with Crippen LogP contribution in [0.5, 0.6) is 0 Å². The molecular formula is C22H19N3O2S. The molecule has 0 saturated heterocycles.